The lowest BCUT2D eigenvalue weighted by Gasteiger charge is -2.18. The fourth-order valence-electron chi connectivity index (χ4n) is 2.41. The van der Waals surface area contributed by atoms with Gasteiger partial charge in [0.2, 0.25) is 0 Å². The fourth-order valence-corrected chi connectivity index (χ4v) is 2.41. The third-order valence-electron chi connectivity index (χ3n) is 3.10. The maximum Gasteiger partial charge on any atom is 0.315 e. The van der Waals surface area contributed by atoms with Crippen LogP contribution < -0.4 is 5.73 Å². The van der Waals surface area contributed by atoms with Crippen molar-refractivity contribution >= 4 is 5.97 Å². The van der Waals surface area contributed by atoms with Crippen LogP contribution in [0, 0.1) is 17.8 Å². The average molecular weight is 168 g/mol. The summed E-state index contributed by atoms with van der Waals surface area (Å²) >= 11 is 0. The van der Waals surface area contributed by atoms with E-state index in [4.69, 9.17) is 4.74 Å². The fraction of sp³-hybridized carbons (Fsp3) is 0.667. The van der Waals surface area contributed by atoms with Crippen LogP contribution in [0.4, 0.5) is 0 Å². The summed E-state index contributed by atoms with van der Waals surface area (Å²) in [5, 5.41) is 0. The second kappa shape index (κ2) is 2.59. The molecule has 1 fully saturated rings. The normalized spacial score (nSPS) is 43.5. The first-order valence-electron chi connectivity index (χ1n) is 4.33. The Kier molecular flexibility index (Phi) is 1.68. The van der Waals surface area contributed by atoms with Crippen LogP contribution in [0.25, 0.3) is 0 Å². The molecule has 0 amide bonds. The van der Waals surface area contributed by atoms with Crippen molar-refractivity contribution in [1.82, 2.24) is 0 Å². The zero-order valence-corrected chi connectivity index (χ0v) is 7.19. The molecule has 3 heteroatoms. The number of fused-ring (bicyclic) bond motifs is 2. The summed E-state index contributed by atoms with van der Waals surface area (Å²) in [6.45, 7) is 0. The van der Waals surface area contributed by atoms with Crippen LogP contribution in [0.2, 0.25) is 0 Å². The van der Waals surface area contributed by atoms with E-state index >= 15 is 0 Å². The van der Waals surface area contributed by atoms with E-state index in [0.29, 0.717) is 11.8 Å². The molecule has 2 bridgehead atoms. The monoisotopic (exact) mass is 168 g/mol. The van der Waals surface area contributed by atoms with Crippen molar-refractivity contribution in [1.29, 1.82) is 0 Å². The number of carbonyl (C=O) groups excluding carboxylic acids is 1. The Hall–Kier alpha value is -0.830. The van der Waals surface area contributed by atoms with Crippen LogP contribution >= 0.6 is 0 Å². The van der Waals surface area contributed by atoms with Gasteiger partial charge in [0.25, 0.3) is 0 Å². The molecule has 0 heterocycles. The first-order valence-corrected chi connectivity index (χ1v) is 4.33. The molecule has 0 aromatic carbocycles. The second-order valence-electron chi connectivity index (χ2n) is 3.66. The molecule has 0 spiro atoms. The van der Waals surface area contributed by atoms with E-state index in [9.17, 15) is 4.79 Å². The van der Waals surface area contributed by atoms with Crippen molar-refractivity contribution in [3.8, 4) is 0 Å². The maximum atomic E-state index is 11.3. The zero-order chi connectivity index (χ0) is 8.72. The lowest BCUT2D eigenvalue weighted by molar-refractivity contribution is -0.434. The predicted octanol–water partition coefficient (Wildman–Crippen LogP) is -0.408. The molecule has 12 heavy (non-hydrogen) atoms. The second-order valence-corrected chi connectivity index (χ2v) is 3.66. The predicted molar refractivity (Wildman–Crippen MR) is 42.9 cm³/mol. The molecule has 3 nitrogen and oxygen atoms in total. The van der Waals surface area contributed by atoms with Gasteiger partial charge in [0, 0.05) is 5.92 Å². The SMILES string of the molecule is COC(=O)C1C2C=CC(C2)C1[NH3+]. The van der Waals surface area contributed by atoms with Gasteiger partial charge in [-0.15, -0.1) is 0 Å². The summed E-state index contributed by atoms with van der Waals surface area (Å²) in [5.74, 6) is 0.834. The van der Waals surface area contributed by atoms with Crippen molar-refractivity contribution < 1.29 is 15.3 Å². The third-order valence-corrected chi connectivity index (χ3v) is 3.10. The Labute approximate surface area is 71.6 Å². The average Bonchev–Trinajstić information content (AvgIpc) is 2.63. The molecule has 2 rings (SSSR count). The number of esters is 1. The first-order chi connectivity index (χ1) is 5.74. The number of methoxy groups -OCH3 is 1. The van der Waals surface area contributed by atoms with E-state index in [0.717, 1.165) is 6.42 Å². The Morgan fingerprint density at radius 3 is 2.67 bits per heavy atom. The summed E-state index contributed by atoms with van der Waals surface area (Å²) < 4.78 is 4.74. The van der Waals surface area contributed by atoms with Crippen molar-refractivity contribution in [2.45, 2.75) is 12.5 Å². The minimum absolute atomic E-state index is 0.0185. The van der Waals surface area contributed by atoms with Gasteiger partial charge in [-0.25, -0.2) is 0 Å². The highest BCUT2D eigenvalue weighted by atomic mass is 16.5. The van der Waals surface area contributed by atoms with E-state index in [1.54, 1.807) is 0 Å². The molecular weight excluding hydrogens is 154 g/mol. The van der Waals surface area contributed by atoms with Crippen molar-refractivity contribution in [2.24, 2.45) is 17.8 Å². The van der Waals surface area contributed by atoms with Crippen molar-refractivity contribution in [3.05, 3.63) is 12.2 Å². The quantitative estimate of drug-likeness (QED) is 0.427. The zero-order valence-electron chi connectivity index (χ0n) is 7.19. The number of hydrogen-bond donors (Lipinski definition) is 1. The molecule has 2 aliphatic carbocycles. The highest BCUT2D eigenvalue weighted by molar-refractivity contribution is 5.74. The smallest absolute Gasteiger partial charge is 0.315 e. The molecule has 66 valence electrons. The maximum absolute atomic E-state index is 11.3. The number of rotatable bonds is 1. The Balaban J connectivity index is 2.18. The lowest BCUT2D eigenvalue weighted by atomic mass is 9.90. The van der Waals surface area contributed by atoms with Gasteiger partial charge < -0.3 is 10.5 Å². The Morgan fingerprint density at radius 2 is 2.17 bits per heavy atom. The van der Waals surface area contributed by atoms with Crippen LogP contribution in [0.3, 0.4) is 0 Å². The van der Waals surface area contributed by atoms with Gasteiger partial charge in [0.1, 0.15) is 12.0 Å². The number of ether oxygens (including phenoxy) is 1. The Bertz CT molecular complexity index is 237. The number of hydrogen-bond acceptors (Lipinski definition) is 2. The molecule has 2 aliphatic rings. The molecule has 3 N–H and O–H groups in total. The van der Waals surface area contributed by atoms with E-state index in [2.05, 4.69) is 17.9 Å². The molecule has 0 aliphatic heterocycles. The summed E-state index contributed by atoms with van der Waals surface area (Å²) in [4.78, 5) is 11.3. The Morgan fingerprint density at radius 1 is 1.50 bits per heavy atom. The largest absolute Gasteiger partial charge is 0.469 e. The van der Waals surface area contributed by atoms with Gasteiger partial charge in [-0.05, 0) is 12.3 Å². The molecule has 4 unspecified atom stereocenters. The van der Waals surface area contributed by atoms with Gasteiger partial charge in [-0.3, -0.25) is 4.79 Å². The summed E-state index contributed by atoms with van der Waals surface area (Å²) in [6.07, 6.45) is 5.41. The molecular formula is C9H14NO2+. The molecule has 0 radical (unpaired) electrons. The van der Waals surface area contributed by atoms with Crippen molar-refractivity contribution in [3.63, 3.8) is 0 Å². The van der Waals surface area contributed by atoms with Crippen LogP contribution in [0.1, 0.15) is 6.42 Å². The summed E-state index contributed by atoms with van der Waals surface area (Å²) in [6, 6.07) is 0.229. The minimum atomic E-state index is -0.0909. The lowest BCUT2D eigenvalue weighted by Crippen LogP contribution is -2.67. The molecule has 4 atom stereocenters. The minimum Gasteiger partial charge on any atom is -0.469 e. The van der Waals surface area contributed by atoms with Gasteiger partial charge in [0.05, 0.1) is 7.11 Å². The van der Waals surface area contributed by atoms with E-state index < -0.39 is 0 Å². The van der Waals surface area contributed by atoms with Gasteiger partial charge in [-0.2, -0.15) is 0 Å². The number of quaternary nitrogens is 1. The van der Waals surface area contributed by atoms with Crippen LogP contribution in [-0.2, 0) is 9.53 Å². The third kappa shape index (κ3) is 0.894. The van der Waals surface area contributed by atoms with Crippen LogP contribution in [0.5, 0.6) is 0 Å². The number of carbonyl (C=O) groups is 1. The summed E-state index contributed by atoms with van der Waals surface area (Å²) in [5.41, 5.74) is 4.02. The van der Waals surface area contributed by atoms with Crippen LogP contribution in [0.15, 0.2) is 12.2 Å². The van der Waals surface area contributed by atoms with Gasteiger partial charge in [-0.1, -0.05) is 12.2 Å². The topological polar surface area (TPSA) is 53.9 Å². The van der Waals surface area contributed by atoms with Crippen LogP contribution in [-0.4, -0.2) is 19.1 Å². The van der Waals surface area contributed by atoms with E-state index in [-0.39, 0.29) is 17.9 Å². The highest BCUT2D eigenvalue weighted by Gasteiger charge is 2.49. The van der Waals surface area contributed by atoms with E-state index in [1.165, 1.54) is 7.11 Å². The molecule has 0 aromatic heterocycles. The number of allylic oxidation sites excluding steroid dienone is 1. The first kappa shape index (κ1) is 7.80. The molecule has 1 saturated carbocycles. The van der Waals surface area contributed by atoms with Crippen molar-refractivity contribution in [2.75, 3.05) is 7.11 Å². The summed E-state index contributed by atoms with van der Waals surface area (Å²) in [7, 11) is 1.45. The van der Waals surface area contributed by atoms with Gasteiger partial charge in [0.15, 0.2) is 0 Å². The van der Waals surface area contributed by atoms with E-state index in [1.807, 2.05) is 0 Å². The standard InChI is InChI=1S/C9H13NO2/c1-12-9(11)7-5-2-3-6(4-5)8(7)10/h2-3,5-8H,4,10H2,1H3/p+1. The molecule has 0 saturated heterocycles. The molecule has 0 aromatic rings. The van der Waals surface area contributed by atoms with Gasteiger partial charge >= 0.3 is 5.97 Å². The highest BCUT2D eigenvalue weighted by Crippen LogP contribution is 2.42.